The average Bonchev–Trinajstić information content (AvgIpc) is 2.00. The Hall–Kier alpha value is -0.650. The second-order valence-electron chi connectivity index (χ2n) is 4.15. The molecule has 15 heavy (non-hydrogen) atoms. The molecule has 0 spiro atoms. The van der Waals surface area contributed by atoms with Crippen LogP contribution in [-0.4, -0.2) is 35.9 Å². The van der Waals surface area contributed by atoms with Gasteiger partial charge in [-0.2, -0.15) is 0 Å². The van der Waals surface area contributed by atoms with Crippen LogP contribution in [0.4, 0.5) is 0 Å². The first-order valence-electron chi connectivity index (χ1n) is 5.38. The van der Waals surface area contributed by atoms with E-state index in [0.717, 1.165) is 13.0 Å². The predicted molar refractivity (Wildman–Crippen MR) is 60.6 cm³/mol. The largest absolute Gasteiger partial charge is 0.481 e. The number of carbonyl (C=O) groups is 1. The van der Waals surface area contributed by atoms with Crippen LogP contribution >= 0.6 is 0 Å². The summed E-state index contributed by atoms with van der Waals surface area (Å²) in [7, 11) is 0. The molecule has 0 aliphatic carbocycles. The van der Waals surface area contributed by atoms with Gasteiger partial charge in [-0.05, 0) is 19.9 Å². The molecular weight excluding hydrogens is 194 g/mol. The highest BCUT2D eigenvalue weighted by molar-refractivity contribution is 5.67. The molecule has 0 saturated carbocycles. The molecule has 0 aliphatic rings. The summed E-state index contributed by atoms with van der Waals surface area (Å²) in [6.45, 7) is 6.61. The first-order valence-corrected chi connectivity index (χ1v) is 5.38. The Morgan fingerprint density at radius 2 is 2.00 bits per heavy atom. The van der Waals surface area contributed by atoms with Crippen LogP contribution in [0.1, 0.15) is 33.6 Å². The summed E-state index contributed by atoms with van der Waals surface area (Å²) >= 11 is 0. The Kier molecular flexibility index (Phi) is 7.29. The number of nitrogens with one attached hydrogen (secondary N) is 2. The molecule has 0 aliphatic heterocycles. The minimum absolute atomic E-state index is 0.00810. The van der Waals surface area contributed by atoms with E-state index in [-0.39, 0.29) is 18.6 Å². The molecule has 0 saturated heterocycles. The van der Waals surface area contributed by atoms with Gasteiger partial charge in [-0.3, -0.25) is 4.79 Å². The van der Waals surface area contributed by atoms with Gasteiger partial charge in [0.05, 0.1) is 12.6 Å². The van der Waals surface area contributed by atoms with Crippen molar-refractivity contribution in [1.29, 1.82) is 0 Å². The first-order chi connectivity index (χ1) is 6.91. The zero-order valence-electron chi connectivity index (χ0n) is 9.79. The molecular formula is C10H23N3O2. The zero-order chi connectivity index (χ0) is 11.8. The van der Waals surface area contributed by atoms with Crippen LogP contribution in [0.2, 0.25) is 0 Å². The normalized spacial score (nSPS) is 15.3. The second kappa shape index (κ2) is 7.62. The highest BCUT2D eigenvalue weighted by Crippen LogP contribution is 1.99. The van der Waals surface area contributed by atoms with Crippen LogP contribution in [0.5, 0.6) is 0 Å². The monoisotopic (exact) mass is 217 g/mol. The lowest BCUT2D eigenvalue weighted by Gasteiger charge is -2.20. The Balaban J connectivity index is 3.84. The molecule has 2 unspecified atom stereocenters. The van der Waals surface area contributed by atoms with Gasteiger partial charge in [0.2, 0.25) is 0 Å². The molecule has 0 aromatic carbocycles. The van der Waals surface area contributed by atoms with Crippen molar-refractivity contribution in [2.45, 2.75) is 51.9 Å². The molecule has 0 radical (unpaired) electrons. The molecule has 5 N–H and O–H groups in total. The van der Waals surface area contributed by atoms with Crippen molar-refractivity contribution < 1.29 is 9.90 Å². The van der Waals surface area contributed by atoms with E-state index >= 15 is 0 Å². The van der Waals surface area contributed by atoms with Crippen molar-refractivity contribution in [3.05, 3.63) is 0 Å². The summed E-state index contributed by atoms with van der Waals surface area (Å²) in [4.78, 5) is 10.6. The quantitative estimate of drug-likeness (QED) is 0.434. The maximum atomic E-state index is 10.6. The molecule has 0 bridgehead atoms. The Morgan fingerprint density at radius 3 is 2.40 bits per heavy atom. The number of carboxylic acids is 1. The van der Waals surface area contributed by atoms with Gasteiger partial charge in [-0.1, -0.05) is 13.8 Å². The highest BCUT2D eigenvalue weighted by atomic mass is 16.4. The van der Waals surface area contributed by atoms with E-state index in [1.165, 1.54) is 0 Å². The molecule has 2 atom stereocenters. The number of carboxylic acid groups (broad SMARTS) is 1. The predicted octanol–water partition coefficient (Wildman–Crippen LogP) is 0.112. The van der Waals surface area contributed by atoms with Gasteiger partial charge in [0, 0.05) is 12.1 Å². The lowest BCUT2D eigenvalue weighted by atomic mass is 10.1. The number of hydrogen-bond acceptors (Lipinski definition) is 4. The van der Waals surface area contributed by atoms with E-state index in [1.807, 2.05) is 20.8 Å². The van der Waals surface area contributed by atoms with Gasteiger partial charge in [0.1, 0.15) is 0 Å². The summed E-state index contributed by atoms with van der Waals surface area (Å²) in [5, 5.41) is 15.0. The van der Waals surface area contributed by atoms with Crippen molar-refractivity contribution >= 4 is 5.97 Å². The summed E-state index contributed by atoms with van der Waals surface area (Å²) in [6, 6.07) is 0.304. The molecule has 5 heteroatoms. The summed E-state index contributed by atoms with van der Waals surface area (Å²) < 4.78 is 0. The third-order valence-electron chi connectivity index (χ3n) is 1.95. The van der Waals surface area contributed by atoms with Gasteiger partial charge >= 0.3 is 5.97 Å². The van der Waals surface area contributed by atoms with Crippen molar-refractivity contribution in [3.63, 3.8) is 0 Å². The van der Waals surface area contributed by atoms with Crippen molar-refractivity contribution in [3.8, 4) is 0 Å². The maximum Gasteiger partial charge on any atom is 0.304 e. The average molecular weight is 217 g/mol. The van der Waals surface area contributed by atoms with Gasteiger partial charge < -0.3 is 21.5 Å². The van der Waals surface area contributed by atoms with Crippen LogP contribution in [-0.2, 0) is 4.79 Å². The van der Waals surface area contributed by atoms with Crippen LogP contribution in [0.3, 0.4) is 0 Å². The van der Waals surface area contributed by atoms with Crippen molar-refractivity contribution in [1.82, 2.24) is 10.6 Å². The van der Waals surface area contributed by atoms with Crippen LogP contribution in [0.25, 0.3) is 0 Å². The second-order valence-corrected chi connectivity index (χ2v) is 4.15. The zero-order valence-corrected chi connectivity index (χ0v) is 9.79. The van der Waals surface area contributed by atoms with Gasteiger partial charge in [-0.15, -0.1) is 0 Å². The van der Waals surface area contributed by atoms with E-state index in [4.69, 9.17) is 10.8 Å². The smallest absolute Gasteiger partial charge is 0.304 e. The maximum absolute atomic E-state index is 10.6. The summed E-state index contributed by atoms with van der Waals surface area (Å²) in [5.74, 6) is -0.769. The molecule has 0 fully saturated rings. The van der Waals surface area contributed by atoms with Crippen molar-refractivity contribution in [2.24, 2.45) is 5.73 Å². The SMILES string of the molecule is CC(C)NC(CCNC(C)N)CC(=O)O. The lowest BCUT2D eigenvalue weighted by molar-refractivity contribution is -0.137. The minimum atomic E-state index is -0.769. The standard InChI is InChI=1S/C10H23N3O2/c1-7(2)13-9(6-10(14)15)4-5-12-8(3)11/h7-9,12-13H,4-6,11H2,1-3H3,(H,14,15). The third kappa shape index (κ3) is 9.65. The molecule has 0 heterocycles. The molecule has 0 amide bonds. The van der Waals surface area contributed by atoms with Crippen LogP contribution in [0, 0.1) is 0 Å². The summed E-state index contributed by atoms with van der Waals surface area (Å²) in [5.41, 5.74) is 5.53. The fraction of sp³-hybridized carbons (Fsp3) is 0.900. The molecule has 0 aromatic rings. The Bertz CT molecular complexity index is 184. The number of hydrogen-bond donors (Lipinski definition) is 4. The number of nitrogens with two attached hydrogens (primary N) is 1. The number of aliphatic carboxylic acids is 1. The fourth-order valence-electron chi connectivity index (χ4n) is 1.41. The fourth-order valence-corrected chi connectivity index (χ4v) is 1.41. The van der Waals surface area contributed by atoms with E-state index in [1.54, 1.807) is 0 Å². The lowest BCUT2D eigenvalue weighted by Crippen LogP contribution is -2.41. The van der Waals surface area contributed by atoms with Gasteiger partial charge in [-0.25, -0.2) is 0 Å². The Labute approximate surface area is 91.4 Å². The Morgan fingerprint density at radius 1 is 1.40 bits per heavy atom. The van der Waals surface area contributed by atoms with E-state index < -0.39 is 5.97 Å². The molecule has 5 nitrogen and oxygen atoms in total. The van der Waals surface area contributed by atoms with E-state index in [2.05, 4.69) is 10.6 Å². The highest BCUT2D eigenvalue weighted by Gasteiger charge is 2.13. The molecule has 0 rings (SSSR count). The minimum Gasteiger partial charge on any atom is -0.481 e. The van der Waals surface area contributed by atoms with Crippen LogP contribution < -0.4 is 16.4 Å². The summed E-state index contributed by atoms with van der Waals surface area (Å²) in [6.07, 6.45) is 0.875. The van der Waals surface area contributed by atoms with Gasteiger partial charge in [0.15, 0.2) is 0 Å². The molecule has 0 aromatic heterocycles. The van der Waals surface area contributed by atoms with E-state index in [0.29, 0.717) is 6.04 Å². The van der Waals surface area contributed by atoms with Gasteiger partial charge in [0.25, 0.3) is 0 Å². The third-order valence-corrected chi connectivity index (χ3v) is 1.95. The van der Waals surface area contributed by atoms with E-state index in [9.17, 15) is 4.79 Å². The van der Waals surface area contributed by atoms with Crippen LogP contribution in [0.15, 0.2) is 0 Å². The molecule has 90 valence electrons. The first kappa shape index (κ1) is 14.3. The topological polar surface area (TPSA) is 87.4 Å². The number of rotatable bonds is 8. The van der Waals surface area contributed by atoms with Crippen molar-refractivity contribution in [2.75, 3.05) is 6.54 Å².